The van der Waals surface area contributed by atoms with Gasteiger partial charge in [0, 0.05) is 65.6 Å². The van der Waals surface area contributed by atoms with Crippen LogP contribution in [0.15, 0.2) is 497 Å². The fourth-order valence-electron chi connectivity index (χ4n) is 21.1. The first-order valence-corrected chi connectivity index (χ1v) is 46.5. The molecule has 0 saturated heterocycles. The molecule has 27 aromatic rings. The Kier molecular flexibility index (Phi) is 19.2. The summed E-state index contributed by atoms with van der Waals surface area (Å²) in [5, 5.41) is 21.6. The topological polar surface area (TPSA) is 61.4 Å². The predicted octanol–water partition coefficient (Wildman–Crippen LogP) is 34.7. The van der Waals surface area contributed by atoms with E-state index in [2.05, 4.69) is 507 Å². The zero-order valence-corrected chi connectivity index (χ0v) is 74.0. The predicted molar refractivity (Wildman–Crippen MR) is 573 cm³/mol. The van der Waals surface area contributed by atoms with Gasteiger partial charge in [-0.2, -0.15) is 0 Å². The van der Waals surface area contributed by atoms with E-state index in [1.54, 1.807) is 0 Å². The van der Waals surface area contributed by atoms with E-state index in [9.17, 15) is 0 Å². The van der Waals surface area contributed by atoms with Gasteiger partial charge in [-0.1, -0.05) is 406 Å². The molecule has 0 radical (unpaired) electrons. The summed E-state index contributed by atoms with van der Waals surface area (Å²) in [5.74, 6) is 1.40. The number of rotatable bonds is 13. The molecule has 0 unspecified atom stereocenters. The maximum absolute atomic E-state index is 5.49. The minimum Gasteiger partial charge on any atom is -0.309 e. The van der Waals surface area contributed by atoms with Crippen LogP contribution in [-0.4, -0.2) is 29.1 Å². The summed E-state index contributed by atoms with van der Waals surface area (Å²) in [6.07, 6.45) is 0. The maximum atomic E-state index is 5.49. The smallest absolute Gasteiger partial charge is 0.161 e. The molecular formula is C130H82N6. The number of fused-ring (bicyclic) bond motifs is 18. The molecule has 27 rings (SSSR count). The van der Waals surface area contributed by atoms with Gasteiger partial charge in [-0.15, -0.1) is 0 Å². The molecule has 0 saturated carbocycles. The van der Waals surface area contributed by atoms with Crippen LogP contribution in [0.25, 0.3) is 265 Å². The molecule has 0 amide bonds. The van der Waals surface area contributed by atoms with Crippen LogP contribution in [-0.2, 0) is 0 Å². The van der Waals surface area contributed by atoms with E-state index < -0.39 is 0 Å². The van der Waals surface area contributed by atoms with Crippen molar-refractivity contribution in [2.24, 2.45) is 0 Å². The zero-order chi connectivity index (χ0) is 89.7. The number of hydrogen-bond donors (Lipinski definition) is 0. The highest BCUT2D eigenvalue weighted by atomic mass is 15.0. The van der Waals surface area contributed by atoms with Crippen LogP contribution < -0.4 is 0 Å². The van der Waals surface area contributed by atoms with Crippen molar-refractivity contribution in [1.29, 1.82) is 0 Å². The monoisotopic (exact) mass is 1730 g/mol. The number of para-hydroxylation sites is 2. The van der Waals surface area contributed by atoms with E-state index >= 15 is 0 Å². The standard InChI is InChI=1S/C68H43N3.C62H39N3/c1-4-18-44(19-5-1)50-40-51(45-20-6-2-7-21-45)42-52(41-50)46-34-36-49(37-35-46)67-59-28-14-15-32-61(59)69-68(70-67)58-31-16-30-56-54(58)29-17-33-62(56)71-63-39-38-48-24-10-11-25-53(48)65(63)66-57-27-13-12-26-55(57)60(43-64(66)71)47-22-8-3-9-23-47;1-3-14-40(15-4-1)47-36-48(41-16-5-2-6-17-41)38-49(37-47)42-26-28-45(29-27-42)61-55-23-11-12-25-56(55)63-62(64-61)54-24-13-20-46-39-50(32-33-51(46)54)65-57-34-30-43-18-7-9-21-52(43)59(57)60-53-22-10-8-19-44(53)31-35-58(60)65/h1-43H;1-39H. The van der Waals surface area contributed by atoms with Crippen LogP contribution in [0, 0.1) is 0 Å². The number of hydrogen-bond acceptors (Lipinski definition) is 4. The molecule has 0 aliphatic heterocycles. The molecule has 0 spiro atoms. The van der Waals surface area contributed by atoms with Crippen molar-refractivity contribution < 1.29 is 0 Å². The van der Waals surface area contributed by atoms with Crippen LogP contribution in [0.1, 0.15) is 0 Å². The van der Waals surface area contributed by atoms with Gasteiger partial charge in [0.15, 0.2) is 11.6 Å². The SMILES string of the molecule is c1ccc(-c2cc(-c3ccccc3)cc(-c3ccc(-c4nc(-c5cccc6c(-n7c8ccc9ccccc9c8c8c9ccccc9c(-c9ccccc9)cc87)cccc56)nc5ccccc45)cc3)c2)cc1.c1ccc(-c2cc(-c3ccccc3)cc(-c3ccc(-c4nc(-c5cccc6cc(-n7c8ccc9ccccc9c8c8c9ccccc9ccc87)ccc56)nc5ccccc45)cc3)c2)cc1. The molecule has 0 bridgehead atoms. The summed E-state index contributed by atoms with van der Waals surface area (Å²) < 4.78 is 4.93. The van der Waals surface area contributed by atoms with E-state index in [4.69, 9.17) is 19.9 Å². The second kappa shape index (κ2) is 33.1. The minimum atomic E-state index is 0.694. The largest absolute Gasteiger partial charge is 0.309 e. The molecule has 23 aromatic carbocycles. The Morgan fingerprint density at radius 1 is 0.147 bits per heavy atom. The van der Waals surface area contributed by atoms with Gasteiger partial charge in [-0.25, -0.2) is 19.9 Å². The van der Waals surface area contributed by atoms with Crippen molar-refractivity contribution >= 4 is 130 Å². The fourth-order valence-corrected chi connectivity index (χ4v) is 21.1. The summed E-state index contributed by atoms with van der Waals surface area (Å²) >= 11 is 0. The first-order chi connectivity index (χ1) is 67.4. The normalized spacial score (nSPS) is 11.7. The quantitative estimate of drug-likeness (QED) is 0.115. The Hall–Kier alpha value is -18.1. The van der Waals surface area contributed by atoms with E-state index in [-0.39, 0.29) is 0 Å². The molecule has 4 aromatic heterocycles. The van der Waals surface area contributed by atoms with Gasteiger partial charge < -0.3 is 9.13 Å². The molecule has 632 valence electrons. The van der Waals surface area contributed by atoms with Crippen LogP contribution >= 0.6 is 0 Å². The van der Waals surface area contributed by atoms with Crippen LogP contribution in [0.5, 0.6) is 0 Å². The van der Waals surface area contributed by atoms with Crippen molar-refractivity contribution in [3.63, 3.8) is 0 Å². The maximum Gasteiger partial charge on any atom is 0.161 e. The van der Waals surface area contributed by atoms with Crippen molar-refractivity contribution in [2.75, 3.05) is 0 Å². The Labute approximate surface area is 785 Å². The Morgan fingerprint density at radius 2 is 0.463 bits per heavy atom. The van der Waals surface area contributed by atoms with Crippen molar-refractivity contribution in [3.8, 4) is 135 Å². The van der Waals surface area contributed by atoms with Crippen LogP contribution in [0.4, 0.5) is 0 Å². The van der Waals surface area contributed by atoms with Gasteiger partial charge >= 0.3 is 0 Å². The first kappa shape index (κ1) is 78.9. The average Bonchev–Trinajstić information content (AvgIpc) is 1.54. The third-order valence-electron chi connectivity index (χ3n) is 27.5. The molecule has 4 heterocycles. The minimum absolute atomic E-state index is 0.694. The summed E-state index contributed by atoms with van der Waals surface area (Å²) in [6, 6.07) is 179. The highest BCUT2D eigenvalue weighted by Crippen LogP contribution is 2.49. The molecule has 6 nitrogen and oxygen atoms in total. The van der Waals surface area contributed by atoms with Crippen molar-refractivity contribution in [1.82, 2.24) is 29.1 Å². The lowest BCUT2D eigenvalue weighted by atomic mass is 9.93. The molecular weight excluding hydrogens is 1650 g/mol. The average molecular weight is 1730 g/mol. The molecule has 0 aliphatic rings. The van der Waals surface area contributed by atoms with E-state index in [1.165, 1.54) is 148 Å². The third-order valence-corrected chi connectivity index (χ3v) is 27.5. The van der Waals surface area contributed by atoms with Gasteiger partial charge in [0.25, 0.3) is 0 Å². The highest BCUT2D eigenvalue weighted by molar-refractivity contribution is 6.32. The number of aromatic nitrogens is 6. The van der Waals surface area contributed by atoms with E-state index in [0.29, 0.717) is 11.6 Å². The van der Waals surface area contributed by atoms with E-state index in [1.807, 2.05) is 0 Å². The fraction of sp³-hybridized carbons (Fsp3) is 0. The lowest BCUT2D eigenvalue weighted by molar-refractivity contribution is 1.19. The number of nitrogens with zero attached hydrogens (tertiary/aromatic N) is 6. The van der Waals surface area contributed by atoms with Crippen LogP contribution in [0.2, 0.25) is 0 Å². The summed E-state index contributed by atoms with van der Waals surface area (Å²) in [7, 11) is 0. The Morgan fingerprint density at radius 3 is 0.912 bits per heavy atom. The highest BCUT2D eigenvalue weighted by Gasteiger charge is 2.26. The second-order valence-electron chi connectivity index (χ2n) is 35.4. The van der Waals surface area contributed by atoms with Gasteiger partial charge in [-0.05, 0) is 228 Å². The molecule has 0 aliphatic carbocycles. The summed E-state index contributed by atoms with van der Waals surface area (Å²) in [4.78, 5) is 21.4. The van der Waals surface area contributed by atoms with Gasteiger partial charge in [-0.3, -0.25) is 0 Å². The zero-order valence-electron chi connectivity index (χ0n) is 74.0. The van der Waals surface area contributed by atoms with Crippen LogP contribution in [0.3, 0.4) is 0 Å². The lowest BCUT2D eigenvalue weighted by Crippen LogP contribution is -1.98. The van der Waals surface area contributed by atoms with E-state index in [0.717, 1.165) is 105 Å². The van der Waals surface area contributed by atoms with Crippen molar-refractivity contribution in [3.05, 3.63) is 497 Å². The second-order valence-corrected chi connectivity index (χ2v) is 35.4. The molecule has 6 heteroatoms. The van der Waals surface area contributed by atoms with Gasteiger partial charge in [0.05, 0.1) is 50.2 Å². The summed E-state index contributed by atoms with van der Waals surface area (Å²) in [6.45, 7) is 0. The Balaban J connectivity index is 0.000000142. The molecule has 0 atom stereocenters. The molecule has 136 heavy (non-hydrogen) atoms. The Bertz CT molecular complexity index is 9230. The van der Waals surface area contributed by atoms with Gasteiger partial charge in [0.1, 0.15) is 0 Å². The number of benzene rings is 23. The van der Waals surface area contributed by atoms with Gasteiger partial charge in [0.2, 0.25) is 0 Å². The molecule has 0 N–H and O–H groups in total. The third kappa shape index (κ3) is 13.7. The molecule has 0 fully saturated rings. The summed E-state index contributed by atoms with van der Waals surface area (Å²) in [5.41, 5.74) is 31.2. The van der Waals surface area contributed by atoms with Crippen molar-refractivity contribution in [2.45, 2.75) is 0 Å². The lowest BCUT2D eigenvalue weighted by Gasteiger charge is -2.16. The first-order valence-electron chi connectivity index (χ1n) is 46.5.